The molecule has 2 amide bonds. The van der Waals surface area contributed by atoms with Crippen LogP contribution in [0.3, 0.4) is 0 Å². The van der Waals surface area contributed by atoms with Gasteiger partial charge < -0.3 is 10.4 Å². The number of nitrogens with one attached hydrogen (secondary N) is 2. The molecule has 0 unspecified atom stereocenters. The second-order valence-corrected chi connectivity index (χ2v) is 6.23. The summed E-state index contributed by atoms with van der Waals surface area (Å²) in [5.41, 5.74) is 0.454. The number of carboxylic acids is 1. The number of rotatable bonds is 4. The molecule has 20 heavy (non-hydrogen) atoms. The second-order valence-electron chi connectivity index (χ2n) is 3.91. The SMILES string of the molecule is Cc1cnc(NC(=O)NCc2nc(C)c(C(=O)O)s2)s1. The van der Waals surface area contributed by atoms with E-state index in [-0.39, 0.29) is 11.4 Å². The van der Waals surface area contributed by atoms with Crippen molar-refractivity contribution in [3.05, 3.63) is 26.7 Å². The zero-order chi connectivity index (χ0) is 14.7. The molecule has 0 atom stereocenters. The van der Waals surface area contributed by atoms with Gasteiger partial charge in [0.15, 0.2) is 5.13 Å². The first-order valence-corrected chi connectivity index (χ1v) is 7.26. The molecule has 7 nitrogen and oxygen atoms in total. The van der Waals surface area contributed by atoms with E-state index in [1.54, 1.807) is 13.1 Å². The number of nitrogens with zero attached hydrogens (tertiary/aromatic N) is 2. The number of aromatic carboxylic acids is 1. The Morgan fingerprint density at radius 1 is 1.35 bits per heavy atom. The minimum absolute atomic E-state index is 0.176. The Balaban J connectivity index is 1.90. The third-order valence-electron chi connectivity index (χ3n) is 2.28. The Kier molecular flexibility index (Phi) is 4.30. The predicted octanol–water partition coefficient (Wildman–Crippen LogP) is 2.24. The standard InChI is InChI=1S/C11H12N4O3S2/c1-5-3-13-11(19-5)15-10(18)12-4-7-14-6(2)8(20-7)9(16)17/h3H,4H2,1-2H3,(H,16,17)(H2,12,13,15,18). The molecule has 0 saturated heterocycles. The number of hydrogen-bond donors (Lipinski definition) is 3. The molecule has 2 heterocycles. The smallest absolute Gasteiger partial charge is 0.347 e. The highest BCUT2D eigenvalue weighted by molar-refractivity contribution is 7.15. The first-order valence-electron chi connectivity index (χ1n) is 5.62. The van der Waals surface area contributed by atoms with Crippen molar-refractivity contribution in [2.75, 3.05) is 5.32 Å². The number of carbonyl (C=O) groups is 2. The third kappa shape index (κ3) is 3.52. The zero-order valence-corrected chi connectivity index (χ0v) is 12.4. The van der Waals surface area contributed by atoms with Crippen LogP contribution in [0.15, 0.2) is 6.20 Å². The number of urea groups is 1. The molecule has 2 rings (SSSR count). The van der Waals surface area contributed by atoms with Gasteiger partial charge in [0.05, 0.1) is 12.2 Å². The van der Waals surface area contributed by atoms with E-state index < -0.39 is 12.0 Å². The molecule has 0 saturated carbocycles. The first-order chi connectivity index (χ1) is 9.45. The average Bonchev–Trinajstić information content (AvgIpc) is 2.93. The highest BCUT2D eigenvalue weighted by Crippen LogP contribution is 2.18. The Morgan fingerprint density at radius 2 is 2.10 bits per heavy atom. The molecule has 106 valence electrons. The van der Waals surface area contributed by atoms with Gasteiger partial charge in [-0.25, -0.2) is 19.6 Å². The maximum Gasteiger partial charge on any atom is 0.347 e. The van der Waals surface area contributed by atoms with Crippen LogP contribution in [-0.2, 0) is 6.54 Å². The molecule has 3 N–H and O–H groups in total. The van der Waals surface area contributed by atoms with Crippen LogP contribution in [0.1, 0.15) is 25.3 Å². The molecule has 0 radical (unpaired) electrons. The van der Waals surface area contributed by atoms with Crippen molar-refractivity contribution in [3.63, 3.8) is 0 Å². The molecule has 0 aliphatic rings. The summed E-state index contributed by atoms with van der Waals surface area (Å²) in [6.45, 7) is 3.70. The molecule has 0 aromatic carbocycles. The van der Waals surface area contributed by atoms with Crippen molar-refractivity contribution in [1.82, 2.24) is 15.3 Å². The van der Waals surface area contributed by atoms with E-state index in [1.165, 1.54) is 11.3 Å². The van der Waals surface area contributed by atoms with Gasteiger partial charge in [0.2, 0.25) is 0 Å². The molecular weight excluding hydrogens is 300 g/mol. The average molecular weight is 312 g/mol. The number of carboxylic acid groups (broad SMARTS) is 1. The largest absolute Gasteiger partial charge is 0.477 e. The van der Waals surface area contributed by atoms with Gasteiger partial charge in [0, 0.05) is 11.1 Å². The maximum absolute atomic E-state index is 11.6. The molecule has 2 aromatic heterocycles. The molecule has 0 spiro atoms. The Hall–Kier alpha value is -2.00. The number of aromatic nitrogens is 2. The summed E-state index contributed by atoms with van der Waals surface area (Å²) in [5.74, 6) is -1.01. The summed E-state index contributed by atoms with van der Waals surface area (Å²) >= 11 is 2.43. The second kappa shape index (κ2) is 5.97. The topological polar surface area (TPSA) is 104 Å². The molecule has 0 bridgehead atoms. The Bertz CT molecular complexity index is 650. The highest BCUT2D eigenvalue weighted by Gasteiger charge is 2.14. The van der Waals surface area contributed by atoms with Gasteiger partial charge in [0.1, 0.15) is 9.88 Å². The van der Waals surface area contributed by atoms with E-state index in [9.17, 15) is 9.59 Å². The van der Waals surface area contributed by atoms with E-state index in [1.807, 2.05) is 6.92 Å². The summed E-state index contributed by atoms with van der Waals surface area (Å²) in [4.78, 5) is 31.8. The lowest BCUT2D eigenvalue weighted by atomic mass is 10.4. The fraction of sp³-hybridized carbons (Fsp3) is 0.273. The van der Waals surface area contributed by atoms with Crippen molar-refractivity contribution in [2.24, 2.45) is 0 Å². The van der Waals surface area contributed by atoms with Crippen LogP contribution in [0.2, 0.25) is 0 Å². The molecule has 0 aliphatic heterocycles. The van der Waals surface area contributed by atoms with Gasteiger partial charge in [-0.3, -0.25) is 5.32 Å². The third-order valence-corrected chi connectivity index (χ3v) is 4.25. The Morgan fingerprint density at radius 3 is 2.65 bits per heavy atom. The maximum atomic E-state index is 11.6. The van der Waals surface area contributed by atoms with Crippen molar-refractivity contribution in [1.29, 1.82) is 0 Å². The number of amides is 2. The lowest BCUT2D eigenvalue weighted by molar-refractivity contribution is 0.0701. The van der Waals surface area contributed by atoms with E-state index in [0.717, 1.165) is 16.2 Å². The van der Waals surface area contributed by atoms with Gasteiger partial charge in [-0.1, -0.05) is 0 Å². The number of anilines is 1. The lowest BCUT2D eigenvalue weighted by Crippen LogP contribution is -2.28. The molecule has 0 aliphatic carbocycles. The van der Waals surface area contributed by atoms with Crippen LogP contribution >= 0.6 is 22.7 Å². The Labute approximate surface area is 122 Å². The quantitative estimate of drug-likeness (QED) is 0.803. The number of thiazole rings is 2. The van der Waals surface area contributed by atoms with Gasteiger partial charge in [-0.05, 0) is 13.8 Å². The minimum atomic E-state index is -1.01. The number of aryl methyl sites for hydroxylation is 2. The summed E-state index contributed by atoms with van der Waals surface area (Å²) < 4.78 is 0. The molecule has 2 aromatic rings. The molecule has 9 heteroatoms. The van der Waals surface area contributed by atoms with Gasteiger partial charge >= 0.3 is 12.0 Å². The summed E-state index contributed by atoms with van der Waals surface area (Å²) in [7, 11) is 0. The summed E-state index contributed by atoms with van der Waals surface area (Å²) in [6.07, 6.45) is 1.67. The number of carbonyl (C=O) groups excluding carboxylic acids is 1. The van der Waals surface area contributed by atoms with Gasteiger partial charge in [-0.2, -0.15) is 0 Å². The molecular formula is C11H12N4O3S2. The van der Waals surface area contributed by atoms with Crippen LogP contribution < -0.4 is 10.6 Å². The van der Waals surface area contributed by atoms with Crippen LogP contribution in [-0.4, -0.2) is 27.1 Å². The normalized spacial score (nSPS) is 10.3. The fourth-order valence-electron chi connectivity index (χ4n) is 1.44. The summed E-state index contributed by atoms with van der Waals surface area (Å²) in [5, 5.41) is 15.2. The number of hydrogen-bond acceptors (Lipinski definition) is 6. The van der Waals surface area contributed by atoms with Crippen LogP contribution in [0, 0.1) is 13.8 Å². The monoisotopic (exact) mass is 312 g/mol. The van der Waals surface area contributed by atoms with Crippen LogP contribution in [0.5, 0.6) is 0 Å². The fourth-order valence-corrected chi connectivity index (χ4v) is 2.94. The summed E-state index contributed by atoms with van der Waals surface area (Å²) in [6, 6.07) is -0.399. The predicted molar refractivity (Wildman–Crippen MR) is 76.5 cm³/mol. The van der Waals surface area contributed by atoms with Crippen LogP contribution in [0.4, 0.5) is 9.93 Å². The first kappa shape index (κ1) is 14.4. The zero-order valence-electron chi connectivity index (χ0n) is 10.8. The van der Waals surface area contributed by atoms with Crippen molar-refractivity contribution < 1.29 is 14.7 Å². The van der Waals surface area contributed by atoms with Crippen molar-refractivity contribution >= 4 is 39.8 Å². The van der Waals surface area contributed by atoms with E-state index in [2.05, 4.69) is 20.6 Å². The van der Waals surface area contributed by atoms with Gasteiger partial charge in [0.25, 0.3) is 0 Å². The minimum Gasteiger partial charge on any atom is -0.477 e. The molecule has 0 fully saturated rings. The van der Waals surface area contributed by atoms with Crippen molar-refractivity contribution in [3.8, 4) is 0 Å². The van der Waals surface area contributed by atoms with E-state index in [0.29, 0.717) is 15.8 Å². The lowest BCUT2D eigenvalue weighted by Gasteiger charge is -2.02. The van der Waals surface area contributed by atoms with Crippen molar-refractivity contribution in [2.45, 2.75) is 20.4 Å². The van der Waals surface area contributed by atoms with Gasteiger partial charge in [-0.15, -0.1) is 22.7 Å². The van der Waals surface area contributed by atoms with E-state index >= 15 is 0 Å². The highest BCUT2D eigenvalue weighted by atomic mass is 32.1. The van der Waals surface area contributed by atoms with Crippen LogP contribution in [0.25, 0.3) is 0 Å². The van der Waals surface area contributed by atoms with E-state index in [4.69, 9.17) is 5.11 Å².